The Morgan fingerprint density at radius 2 is 2.10 bits per heavy atom. The van der Waals surface area contributed by atoms with E-state index in [9.17, 15) is 4.79 Å². The first-order chi connectivity index (χ1) is 4.45. The average molecular weight is 142 g/mol. The molecule has 2 atom stereocenters. The standard InChI is InChI=1S/C8H14O2/c1-5(7(9)10)6-4-8(6,2)3/h5-6H,4H2,1-3H3,(H,9,10)/t5-,6?/m0/s1. The Kier molecular flexibility index (Phi) is 1.50. The maximum Gasteiger partial charge on any atom is 0.306 e. The predicted molar refractivity (Wildman–Crippen MR) is 38.7 cm³/mol. The van der Waals surface area contributed by atoms with E-state index < -0.39 is 5.97 Å². The van der Waals surface area contributed by atoms with Gasteiger partial charge in [-0.15, -0.1) is 0 Å². The molecule has 1 aliphatic rings. The van der Waals surface area contributed by atoms with Crippen molar-refractivity contribution in [2.45, 2.75) is 27.2 Å². The Bertz CT molecular complexity index is 161. The van der Waals surface area contributed by atoms with Crippen LogP contribution >= 0.6 is 0 Å². The number of hydrogen-bond acceptors (Lipinski definition) is 1. The van der Waals surface area contributed by atoms with Crippen molar-refractivity contribution in [2.24, 2.45) is 17.3 Å². The van der Waals surface area contributed by atoms with Gasteiger partial charge in [-0.2, -0.15) is 0 Å². The molecule has 1 aliphatic carbocycles. The molecule has 2 nitrogen and oxygen atoms in total. The number of aliphatic carboxylic acids is 1. The lowest BCUT2D eigenvalue weighted by atomic mass is 9.99. The molecule has 10 heavy (non-hydrogen) atoms. The van der Waals surface area contributed by atoms with Crippen LogP contribution in [0.3, 0.4) is 0 Å². The summed E-state index contributed by atoms with van der Waals surface area (Å²) in [4.78, 5) is 10.5. The summed E-state index contributed by atoms with van der Waals surface area (Å²) in [7, 11) is 0. The quantitative estimate of drug-likeness (QED) is 0.637. The minimum atomic E-state index is -0.657. The van der Waals surface area contributed by atoms with Gasteiger partial charge in [-0.05, 0) is 17.8 Å². The van der Waals surface area contributed by atoms with Crippen molar-refractivity contribution in [3.8, 4) is 0 Å². The molecule has 0 aromatic rings. The summed E-state index contributed by atoms with van der Waals surface area (Å²) in [5.41, 5.74) is 0.289. The number of carboxylic acid groups (broad SMARTS) is 1. The number of hydrogen-bond donors (Lipinski definition) is 1. The first-order valence-corrected chi connectivity index (χ1v) is 3.68. The van der Waals surface area contributed by atoms with E-state index in [-0.39, 0.29) is 11.3 Å². The lowest BCUT2D eigenvalue weighted by Crippen LogP contribution is -2.14. The molecule has 58 valence electrons. The lowest BCUT2D eigenvalue weighted by Gasteiger charge is -2.06. The summed E-state index contributed by atoms with van der Waals surface area (Å²) in [6.07, 6.45) is 1.07. The molecule has 2 heteroatoms. The monoisotopic (exact) mass is 142 g/mol. The molecule has 0 spiro atoms. The zero-order valence-electron chi connectivity index (χ0n) is 6.72. The zero-order chi connectivity index (χ0) is 7.94. The molecule has 1 saturated carbocycles. The Hall–Kier alpha value is -0.530. The molecular weight excluding hydrogens is 128 g/mol. The lowest BCUT2D eigenvalue weighted by molar-refractivity contribution is -0.142. The fourth-order valence-electron chi connectivity index (χ4n) is 1.53. The molecule has 1 rings (SSSR count). The second kappa shape index (κ2) is 1.97. The van der Waals surface area contributed by atoms with Gasteiger partial charge in [0, 0.05) is 0 Å². The molecule has 0 amide bonds. The third-order valence-electron chi connectivity index (χ3n) is 2.58. The van der Waals surface area contributed by atoms with E-state index in [1.807, 2.05) is 0 Å². The number of carboxylic acids is 1. The second-order valence-electron chi connectivity index (χ2n) is 3.93. The molecule has 0 saturated heterocycles. The van der Waals surface area contributed by atoms with Crippen LogP contribution in [0.5, 0.6) is 0 Å². The van der Waals surface area contributed by atoms with Crippen LogP contribution in [0.2, 0.25) is 0 Å². The maximum atomic E-state index is 10.5. The fourth-order valence-corrected chi connectivity index (χ4v) is 1.53. The van der Waals surface area contributed by atoms with E-state index in [1.54, 1.807) is 6.92 Å². The van der Waals surface area contributed by atoms with Gasteiger partial charge in [0.1, 0.15) is 0 Å². The highest BCUT2D eigenvalue weighted by atomic mass is 16.4. The van der Waals surface area contributed by atoms with Crippen molar-refractivity contribution < 1.29 is 9.90 Å². The third-order valence-corrected chi connectivity index (χ3v) is 2.58. The minimum absolute atomic E-state index is 0.157. The van der Waals surface area contributed by atoms with Crippen molar-refractivity contribution in [1.82, 2.24) is 0 Å². The van der Waals surface area contributed by atoms with Crippen LogP contribution in [0.15, 0.2) is 0 Å². The van der Waals surface area contributed by atoms with Gasteiger partial charge in [0.15, 0.2) is 0 Å². The van der Waals surface area contributed by atoms with Gasteiger partial charge in [0.05, 0.1) is 5.92 Å². The normalized spacial score (nSPS) is 31.3. The van der Waals surface area contributed by atoms with Gasteiger partial charge in [0.25, 0.3) is 0 Å². The van der Waals surface area contributed by atoms with Crippen molar-refractivity contribution >= 4 is 5.97 Å². The summed E-state index contributed by atoms with van der Waals surface area (Å²) in [6, 6.07) is 0. The van der Waals surface area contributed by atoms with Crippen LogP contribution in [-0.4, -0.2) is 11.1 Å². The van der Waals surface area contributed by atoms with Crippen molar-refractivity contribution in [3.05, 3.63) is 0 Å². The average Bonchev–Trinajstić information content (AvgIpc) is 2.38. The molecule has 1 unspecified atom stereocenters. The molecule has 1 N–H and O–H groups in total. The van der Waals surface area contributed by atoms with Gasteiger partial charge >= 0.3 is 5.97 Å². The van der Waals surface area contributed by atoms with Gasteiger partial charge < -0.3 is 5.11 Å². The minimum Gasteiger partial charge on any atom is -0.481 e. The highest BCUT2D eigenvalue weighted by Gasteiger charge is 2.50. The van der Waals surface area contributed by atoms with E-state index in [0.29, 0.717) is 5.92 Å². The molecule has 1 fully saturated rings. The van der Waals surface area contributed by atoms with E-state index in [2.05, 4.69) is 13.8 Å². The van der Waals surface area contributed by atoms with Crippen LogP contribution in [0.1, 0.15) is 27.2 Å². The highest BCUT2D eigenvalue weighted by Crippen LogP contribution is 2.55. The van der Waals surface area contributed by atoms with Gasteiger partial charge in [-0.3, -0.25) is 4.79 Å². The highest BCUT2D eigenvalue weighted by molar-refractivity contribution is 5.70. The van der Waals surface area contributed by atoms with E-state index in [0.717, 1.165) is 6.42 Å². The largest absolute Gasteiger partial charge is 0.481 e. The Morgan fingerprint density at radius 3 is 2.20 bits per heavy atom. The molecule has 0 heterocycles. The molecule has 0 aliphatic heterocycles. The summed E-state index contributed by atoms with van der Waals surface area (Å²) >= 11 is 0. The van der Waals surface area contributed by atoms with Gasteiger partial charge in [-0.1, -0.05) is 20.8 Å². The van der Waals surface area contributed by atoms with Crippen molar-refractivity contribution in [2.75, 3.05) is 0 Å². The molecule has 0 bridgehead atoms. The molecular formula is C8H14O2. The van der Waals surface area contributed by atoms with Crippen LogP contribution in [-0.2, 0) is 4.79 Å². The van der Waals surface area contributed by atoms with E-state index in [1.165, 1.54) is 0 Å². The Labute approximate surface area is 61.2 Å². The van der Waals surface area contributed by atoms with Crippen LogP contribution in [0.25, 0.3) is 0 Å². The summed E-state index contributed by atoms with van der Waals surface area (Å²) in [6.45, 7) is 6.04. The van der Waals surface area contributed by atoms with E-state index >= 15 is 0 Å². The first-order valence-electron chi connectivity index (χ1n) is 3.68. The maximum absolute atomic E-state index is 10.5. The predicted octanol–water partition coefficient (Wildman–Crippen LogP) is 1.75. The first kappa shape index (κ1) is 7.58. The summed E-state index contributed by atoms with van der Waals surface area (Å²) in [5.74, 6) is -0.407. The third kappa shape index (κ3) is 1.15. The van der Waals surface area contributed by atoms with Gasteiger partial charge in [0.2, 0.25) is 0 Å². The fraction of sp³-hybridized carbons (Fsp3) is 0.875. The molecule has 0 aromatic carbocycles. The Morgan fingerprint density at radius 1 is 1.70 bits per heavy atom. The van der Waals surface area contributed by atoms with Crippen molar-refractivity contribution in [1.29, 1.82) is 0 Å². The number of rotatable bonds is 2. The van der Waals surface area contributed by atoms with Gasteiger partial charge in [-0.25, -0.2) is 0 Å². The summed E-state index contributed by atoms with van der Waals surface area (Å²) in [5, 5.41) is 8.62. The van der Waals surface area contributed by atoms with Crippen LogP contribution in [0, 0.1) is 17.3 Å². The van der Waals surface area contributed by atoms with E-state index in [4.69, 9.17) is 5.11 Å². The summed E-state index contributed by atoms with van der Waals surface area (Å²) < 4.78 is 0. The SMILES string of the molecule is C[C@H](C(=O)O)C1CC1(C)C. The Balaban J connectivity index is 2.47. The molecule has 0 aromatic heterocycles. The number of carbonyl (C=O) groups is 1. The zero-order valence-corrected chi connectivity index (χ0v) is 6.72. The van der Waals surface area contributed by atoms with Crippen LogP contribution in [0.4, 0.5) is 0 Å². The molecule has 0 radical (unpaired) electrons. The smallest absolute Gasteiger partial charge is 0.306 e. The second-order valence-corrected chi connectivity index (χ2v) is 3.93. The van der Waals surface area contributed by atoms with Crippen molar-refractivity contribution in [3.63, 3.8) is 0 Å². The van der Waals surface area contributed by atoms with Crippen LogP contribution < -0.4 is 0 Å². The topological polar surface area (TPSA) is 37.3 Å².